The molecule has 2 heterocycles. The van der Waals surface area contributed by atoms with Crippen LogP contribution in [0.4, 0.5) is 10.5 Å². The number of anilines is 1. The van der Waals surface area contributed by atoms with E-state index in [4.69, 9.17) is 4.42 Å². The number of urea groups is 1. The molecule has 7 heteroatoms. The maximum atomic E-state index is 12.6. The van der Waals surface area contributed by atoms with E-state index in [0.29, 0.717) is 31.1 Å². The lowest BCUT2D eigenvalue weighted by Gasteiger charge is -2.32. The average Bonchev–Trinajstić information content (AvgIpc) is 3.46. The van der Waals surface area contributed by atoms with Gasteiger partial charge in [-0.2, -0.15) is 0 Å². The van der Waals surface area contributed by atoms with E-state index in [1.807, 2.05) is 12.1 Å². The van der Waals surface area contributed by atoms with Crippen LogP contribution in [-0.4, -0.2) is 36.0 Å². The number of carbonyl (C=O) groups excluding carboxylic acids is 2. The van der Waals surface area contributed by atoms with Gasteiger partial charge in [0.1, 0.15) is 11.3 Å². The van der Waals surface area contributed by atoms with Crippen LogP contribution >= 0.6 is 0 Å². The van der Waals surface area contributed by atoms with Crippen LogP contribution in [0.15, 0.2) is 39.5 Å². The summed E-state index contributed by atoms with van der Waals surface area (Å²) >= 11 is 0. The summed E-state index contributed by atoms with van der Waals surface area (Å²) in [4.78, 5) is 38.6. The Morgan fingerprint density at radius 2 is 1.96 bits per heavy atom. The number of amides is 3. The molecular formula is C19H21N3O4. The van der Waals surface area contributed by atoms with Crippen LogP contribution in [0.5, 0.6) is 0 Å². The van der Waals surface area contributed by atoms with Crippen molar-refractivity contribution >= 4 is 28.6 Å². The average molecular weight is 355 g/mol. The summed E-state index contributed by atoms with van der Waals surface area (Å²) in [6.45, 7) is 1.02. The van der Waals surface area contributed by atoms with Gasteiger partial charge >= 0.3 is 11.7 Å². The molecule has 2 fully saturated rings. The fourth-order valence-electron chi connectivity index (χ4n) is 3.25. The zero-order chi connectivity index (χ0) is 18.1. The molecule has 2 aliphatic rings. The molecule has 1 saturated carbocycles. The van der Waals surface area contributed by atoms with E-state index in [1.54, 1.807) is 23.1 Å². The predicted octanol–water partition coefficient (Wildman–Crippen LogP) is 2.32. The van der Waals surface area contributed by atoms with Gasteiger partial charge in [0, 0.05) is 24.5 Å². The largest absolute Gasteiger partial charge is 0.421 e. The maximum absolute atomic E-state index is 12.6. The summed E-state index contributed by atoms with van der Waals surface area (Å²) in [6, 6.07) is 8.96. The normalized spacial score (nSPS) is 20.0. The van der Waals surface area contributed by atoms with Crippen LogP contribution in [-0.2, 0) is 4.79 Å². The number of likely N-dealkylation sites (tertiary alicyclic amines) is 1. The van der Waals surface area contributed by atoms with E-state index >= 15 is 0 Å². The summed E-state index contributed by atoms with van der Waals surface area (Å²) in [5.41, 5.74) is 0.0422. The highest BCUT2D eigenvalue weighted by Crippen LogP contribution is 2.22. The summed E-state index contributed by atoms with van der Waals surface area (Å²) in [5.74, 6) is -0.587. The monoisotopic (exact) mass is 355 g/mol. The molecule has 1 aromatic heterocycles. The predicted molar refractivity (Wildman–Crippen MR) is 97.0 cm³/mol. The van der Waals surface area contributed by atoms with Crippen molar-refractivity contribution in [3.63, 3.8) is 0 Å². The Morgan fingerprint density at radius 3 is 2.77 bits per heavy atom. The van der Waals surface area contributed by atoms with Gasteiger partial charge < -0.3 is 20.0 Å². The minimum atomic E-state index is -0.573. The number of fused-ring (bicyclic) bond motifs is 1. The van der Waals surface area contributed by atoms with E-state index in [0.717, 1.165) is 24.6 Å². The van der Waals surface area contributed by atoms with Crippen molar-refractivity contribution in [2.45, 2.75) is 31.7 Å². The molecular weight excluding hydrogens is 334 g/mol. The lowest BCUT2D eigenvalue weighted by atomic mass is 9.97. The zero-order valence-electron chi connectivity index (χ0n) is 14.4. The molecule has 1 saturated heterocycles. The Labute approximate surface area is 150 Å². The van der Waals surface area contributed by atoms with Crippen LogP contribution in [0.1, 0.15) is 25.7 Å². The van der Waals surface area contributed by atoms with Gasteiger partial charge in [0.15, 0.2) is 0 Å². The van der Waals surface area contributed by atoms with Gasteiger partial charge in [0.2, 0.25) is 5.91 Å². The van der Waals surface area contributed by atoms with Crippen molar-refractivity contribution < 1.29 is 14.0 Å². The minimum Gasteiger partial charge on any atom is -0.421 e. The van der Waals surface area contributed by atoms with E-state index < -0.39 is 5.63 Å². The highest BCUT2D eigenvalue weighted by atomic mass is 16.4. The molecule has 4 rings (SSSR count). The number of rotatable bonds is 3. The number of para-hydroxylation sites is 1. The molecule has 1 atom stereocenters. The van der Waals surface area contributed by atoms with Crippen molar-refractivity contribution in [1.29, 1.82) is 0 Å². The Kier molecular flexibility index (Phi) is 4.36. The number of carbonyl (C=O) groups is 2. The van der Waals surface area contributed by atoms with Crippen LogP contribution < -0.4 is 16.3 Å². The van der Waals surface area contributed by atoms with E-state index in [2.05, 4.69) is 10.6 Å². The molecule has 1 aromatic carbocycles. The first-order valence-corrected chi connectivity index (χ1v) is 8.99. The molecule has 1 unspecified atom stereocenters. The molecule has 0 radical (unpaired) electrons. The van der Waals surface area contributed by atoms with Crippen LogP contribution in [0.25, 0.3) is 11.0 Å². The fourth-order valence-corrected chi connectivity index (χ4v) is 3.25. The number of hydrogen-bond donors (Lipinski definition) is 2. The first-order valence-electron chi connectivity index (χ1n) is 8.99. The number of nitrogens with one attached hydrogen (secondary N) is 2. The van der Waals surface area contributed by atoms with Gasteiger partial charge in [-0.15, -0.1) is 0 Å². The molecule has 7 nitrogen and oxygen atoms in total. The quantitative estimate of drug-likeness (QED) is 0.827. The van der Waals surface area contributed by atoms with Gasteiger partial charge in [-0.25, -0.2) is 9.59 Å². The minimum absolute atomic E-state index is 0.102. The van der Waals surface area contributed by atoms with E-state index in [1.165, 1.54) is 0 Å². The first kappa shape index (κ1) is 16.6. The first-order chi connectivity index (χ1) is 12.6. The van der Waals surface area contributed by atoms with Crippen LogP contribution in [0.3, 0.4) is 0 Å². The summed E-state index contributed by atoms with van der Waals surface area (Å²) in [5, 5.41) is 6.38. The smallest absolute Gasteiger partial charge is 0.360 e. The molecule has 2 aromatic rings. The van der Waals surface area contributed by atoms with Crippen molar-refractivity contribution in [3.8, 4) is 0 Å². The lowest BCUT2D eigenvalue weighted by Crippen LogP contribution is -2.48. The molecule has 1 aliphatic heterocycles. The zero-order valence-corrected chi connectivity index (χ0v) is 14.4. The number of piperidine rings is 1. The molecule has 1 aliphatic carbocycles. The number of nitrogens with zero attached hydrogens (tertiary/aromatic N) is 1. The highest BCUT2D eigenvalue weighted by Gasteiger charge is 2.31. The topological polar surface area (TPSA) is 91.7 Å². The van der Waals surface area contributed by atoms with Crippen molar-refractivity contribution in [3.05, 3.63) is 40.8 Å². The molecule has 0 bridgehead atoms. The van der Waals surface area contributed by atoms with Gasteiger partial charge in [-0.05, 0) is 37.8 Å². The SMILES string of the molecule is O=C(Nc1cc2ccccc2oc1=O)C1CCCN(C(=O)NC2CC2)C1. The molecule has 26 heavy (non-hydrogen) atoms. The number of hydrogen-bond acceptors (Lipinski definition) is 4. The highest BCUT2D eigenvalue weighted by molar-refractivity contribution is 5.94. The van der Waals surface area contributed by atoms with Gasteiger partial charge in [0.25, 0.3) is 0 Å². The second-order valence-electron chi connectivity index (χ2n) is 6.98. The molecule has 3 amide bonds. The van der Waals surface area contributed by atoms with Gasteiger partial charge in [-0.1, -0.05) is 18.2 Å². The molecule has 0 spiro atoms. The van der Waals surface area contributed by atoms with Crippen molar-refractivity contribution in [2.75, 3.05) is 18.4 Å². The summed E-state index contributed by atoms with van der Waals surface area (Å²) < 4.78 is 5.25. The Bertz CT molecular complexity index is 903. The molecule has 136 valence electrons. The lowest BCUT2D eigenvalue weighted by molar-refractivity contribution is -0.121. The van der Waals surface area contributed by atoms with E-state index in [-0.39, 0.29) is 23.5 Å². The van der Waals surface area contributed by atoms with E-state index in [9.17, 15) is 14.4 Å². The van der Waals surface area contributed by atoms with Gasteiger partial charge in [-0.3, -0.25) is 4.79 Å². The van der Waals surface area contributed by atoms with Crippen molar-refractivity contribution in [1.82, 2.24) is 10.2 Å². The maximum Gasteiger partial charge on any atom is 0.360 e. The summed E-state index contributed by atoms with van der Waals surface area (Å²) in [6.07, 6.45) is 3.52. The third kappa shape index (κ3) is 3.56. The van der Waals surface area contributed by atoms with Gasteiger partial charge in [0.05, 0.1) is 5.92 Å². The Balaban J connectivity index is 1.44. The standard InChI is InChI=1S/C19H21N3O4/c23-17(13-5-3-9-22(11-13)19(25)20-14-7-8-14)21-15-10-12-4-1-2-6-16(12)26-18(15)24/h1-2,4,6,10,13-14H,3,5,7-9,11H2,(H,20,25)(H,21,23). The number of benzene rings is 1. The fraction of sp³-hybridized carbons (Fsp3) is 0.421. The Morgan fingerprint density at radius 1 is 1.15 bits per heavy atom. The second kappa shape index (κ2) is 6.82. The van der Waals surface area contributed by atoms with Crippen molar-refractivity contribution in [2.24, 2.45) is 5.92 Å². The second-order valence-corrected chi connectivity index (χ2v) is 6.98. The van der Waals surface area contributed by atoms with Crippen LogP contribution in [0.2, 0.25) is 0 Å². The third-order valence-electron chi connectivity index (χ3n) is 4.88. The third-order valence-corrected chi connectivity index (χ3v) is 4.88. The molecule has 2 N–H and O–H groups in total. The van der Waals surface area contributed by atoms with Crippen LogP contribution in [0, 0.1) is 5.92 Å². The Hall–Kier alpha value is -2.83. The summed E-state index contributed by atoms with van der Waals surface area (Å²) in [7, 11) is 0.